The van der Waals surface area contributed by atoms with E-state index in [4.69, 9.17) is 0 Å². The Morgan fingerprint density at radius 2 is 1.64 bits per heavy atom. The van der Waals surface area contributed by atoms with Crippen LogP contribution in [0.15, 0.2) is 48.5 Å². The Morgan fingerprint density at radius 3 is 2.27 bits per heavy atom. The van der Waals surface area contributed by atoms with Gasteiger partial charge in [0.2, 0.25) is 0 Å². The summed E-state index contributed by atoms with van der Waals surface area (Å²) in [6.07, 6.45) is 2.61. The van der Waals surface area contributed by atoms with E-state index in [0.29, 0.717) is 5.56 Å². The molecule has 0 bridgehead atoms. The lowest BCUT2D eigenvalue weighted by atomic mass is 10.1. The maximum Gasteiger partial charge on any atom is 0.255 e. The number of likely N-dealkylation sites (tertiary alicyclic amines) is 1. The monoisotopic (exact) mass is 294 g/mol. The number of amides is 1. The van der Waals surface area contributed by atoms with E-state index < -0.39 is 0 Å². The lowest BCUT2D eigenvalue weighted by Gasteiger charge is -2.14. The van der Waals surface area contributed by atoms with Gasteiger partial charge in [-0.3, -0.25) is 9.69 Å². The fourth-order valence-corrected chi connectivity index (χ4v) is 2.80. The summed E-state index contributed by atoms with van der Waals surface area (Å²) in [6.45, 7) is 5.40. The molecule has 22 heavy (non-hydrogen) atoms. The van der Waals surface area contributed by atoms with Crippen molar-refractivity contribution >= 4 is 11.6 Å². The van der Waals surface area contributed by atoms with Crippen molar-refractivity contribution in [2.24, 2.45) is 0 Å². The number of aryl methyl sites for hydroxylation is 1. The van der Waals surface area contributed by atoms with Gasteiger partial charge in [-0.05, 0) is 62.7 Å². The van der Waals surface area contributed by atoms with Crippen molar-refractivity contribution in [2.45, 2.75) is 26.3 Å². The zero-order valence-corrected chi connectivity index (χ0v) is 13.0. The third-order valence-electron chi connectivity index (χ3n) is 4.13. The van der Waals surface area contributed by atoms with E-state index in [1.807, 2.05) is 43.3 Å². The van der Waals surface area contributed by atoms with Crippen LogP contribution in [0.25, 0.3) is 0 Å². The first-order valence-corrected chi connectivity index (χ1v) is 7.90. The predicted octanol–water partition coefficient (Wildman–Crippen LogP) is 3.84. The van der Waals surface area contributed by atoms with E-state index in [9.17, 15) is 4.79 Å². The molecule has 0 spiro atoms. The SMILES string of the molecule is Cc1ccc(NC(=O)c2ccc(CN3CCCC3)cc2)cc1. The summed E-state index contributed by atoms with van der Waals surface area (Å²) in [7, 11) is 0. The van der Waals surface area contributed by atoms with Gasteiger partial charge < -0.3 is 5.32 Å². The average Bonchev–Trinajstić information content (AvgIpc) is 3.03. The Labute approximate surface area is 132 Å². The van der Waals surface area contributed by atoms with E-state index in [0.717, 1.165) is 12.2 Å². The molecule has 1 saturated heterocycles. The highest BCUT2D eigenvalue weighted by Gasteiger charge is 2.12. The second-order valence-corrected chi connectivity index (χ2v) is 6.00. The molecule has 3 rings (SSSR count). The molecule has 0 radical (unpaired) electrons. The zero-order chi connectivity index (χ0) is 15.4. The summed E-state index contributed by atoms with van der Waals surface area (Å²) >= 11 is 0. The molecule has 2 aromatic rings. The normalized spacial score (nSPS) is 15.0. The molecular weight excluding hydrogens is 272 g/mol. The Kier molecular flexibility index (Phi) is 4.54. The van der Waals surface area contributed by atoms with E-state index in [-0.39, 0.29) is 5.91 Å². The Bertz CT molecular complexity index is 625. The smallest absolute Gasteiger partial charge is 0.255 e. The quantitative estimate of drug-likeness (QED) is 0.929. The topological polar surface area (TPSA) is 32.3 Å². The van der Waals surface area contributed by atoms with Crippen molar-refractivity contribution < 1.29 is 4.79 Å². The first-order chi connectivity index (χ1) is 10.7. The summed E-state index contributed by atoms with van der Waals surface area (Å²) in [5.41, 5.74) is 3.99. The van der Waals surface area contributed by atoms with Crippen LogP contribution < -0.4 is 5.32 Å². The summed E-state index contributed by atoms with van der Waals surface area (Å²) in [6, 6.07) is 15.8. The van der Waals surface area contributed by atoms with Crippen molar-refractivity contribution in [3.63, 3.8) is 0 Å². The number of carbonyl (C=O) groups is 1. The molecule has 0 saturated carbocycles. The molecule has 0 aliphatic carbocycles. The van der Waals surface area contributed by atoms with Gasteiger partial charge in [0.1, 0.15) is 0 Å². The minimum Gasteiger partial charge on any atom is -0.322 e. The Balaban J connectivity index is 1.61. The Morgan fingerprint density at radius 1 is 1.00 bits per heavy atom. The molecule has 2 aromatic carbocycles. The highest BCUT2D eigenvalue weighted by molar-refractivity contribution is 6.04. The number of benzene rings is 2. The molecule has 1 N–H and O–H groups in total. The molecule has 3 heteroatoms. The van der Waals surface area contributed by atoms with Crippen LogP contribution in [-0.2, 0) is 6.54 Å². The maximum atomic E-state index is 12.2. The molecule has 0 aromatic heterocycles. The second-order valence-electron chi connectivity index (χ2n) is 6.00. The predicted molar refractivity (Wildman–Crippen MR) is 90.1 cm³/mol. The third kappa shape index (κ3) is 3.74. The van der Waals surface area contributed by atoms with Gasteiger partial charge >= 0.3 is 0 Å². The first kappa shape index (κ1) is 14.8. The van der Waals surface area contributed by atoms with Crippen LogP contribution in [-0.4, -0.2) is 23.9 Å². The molecule has 1 aliphatic heterocycles. The fourth-order valence-electron chi connectivity index (χ4n) is 2.80. The van der Waals surface area contributed by atoms with Gasteiger partial charge in [0.15, 0.2) is 0 Å². The molecule has 1 heterocycles. The molecule has 1 amide bonds. The van der Waals surface area contributed by atoms with Crippen LogP contribution >= 0.6 is 0 Å². The summed E-state index contributed by atoms with van der Waals surface area (Å²) < 4.78 is 0. The molecular formula is C19H22N2O. The minimum atomic E-state index is -0.0587. The second kappa shape index (κ2) is 6.75. The maximum absolute atomic E-state index is 12.2. The third-order valence-corrected chi connectivity index (χ3v) is 4.13. The molecule has 1 aliphatic rings. The molecule has 114 valence electrons. The van der Waals surface area contributed by atoms with Crippen LogP contribution in [0.4, 0.5) is 5.69 Å². The number of hydrogen-bond donors (Lipinski definition) is 1. The van der Waals surface area contributed by atoms with Crippen molar-refractivity contribution in [3.8, 4) is 0 Å². The van der Waals surface area contributed by atoms with E-state index in [1.54, 1.807) is 0 Å². The van der Waals surface area contributed by atoms with Crippen molar-refractivity contribution in [3.05, 3.63) is 65.2 Å². The highest BCUT2D eigenvalue weighted by atomic mass is 16.1. The number of carbonyl (C=O) groups excluding carboxylic acids is 1. The molecule has 3 nitrogen and oxygen atoms in total. The van der Waals surface area contributed by atoms with Crippen LogP contribution in [0.1, 0.15) is 34.3 Å². The molecule has 1 fully saturated rings. The van der Waals surface area contributed by atoms with Crippen molar-refractivity contribution in [2.75, 3.05) is 18.4 Å². The number of anilines is 1. The van der Waals surface area contributed by atoms with Gasteiger partial charge in [-0.15, -0.1) is 0 Å². The number of hydrogen-bond acceptors (Lipinski definition) is 2. The zero-order valence-electron chi connectivity index (χ0n) is 13.0. The Hall–Kier alpha value is -2.13. The van der Waals surface area contributed by atoms with Crippen LogP contribution in [0.3, 0.4) is 0 Å². The highest BCUT2D eigenvalue weighted by Crippen LogP contribution is 2.15. The van der Waals surface area contributed by atoms with Gasteiger partial charge in [-0.25, -0.2) is 0 Å². The van der Waals surface area contributed by atoms with Crippen LogP contribution in [0.5, 0.6) is 0 Å². The number of nitrogens with one attached hydrogen (secondary N) is 1. The van der Waals surface area contributed by atoms with Crippen molar-refractivity contribution in [1.82, 2.24) is 4.90 Å². The van der Waals surface area contributed by atoms with Gasteiger partial charge in [-0.2, -0.15) is 0 Å². The minimum absolute atomic E-state index is 0.0587. The van der Waals surface area contributed by atoms with Gasteiger partial charge in [0.05, 0.1) is 0 Å². The fraction of sp³-hybridized carbons (Fsp3) is 0.316. The lowest BCUT2D eigenvalue weighted by Crippen LogP contribution is -2.18. The standard InChI is InChI=1S/C19H22N2O/c1-15-4-10-18(11-5-15)20-19(22)17-8-6-16(7-9-17)14-21-12-2-3-13-21/h4-11H,2-3,12-14H2,1H3,(H,20,22). The first-order valence-electron chi connectivity index (χ1n) is 7.90. The van der Waals surface area contributed by atoms with Gasteiger partial charge in [0, 0.05) is 17.8 Å². The van der Waals surface area contributed by atoms with E-state index in [1.165, 1.54) is 37.1 Å². The number of rotatable bonds is 4. The van der Waals surface area contributed by atoms with E-state index >= 15 is 0 Å². The van der Waals surface area contributed by atoms with E-state index in [2.05, 4.69) is 22.3 Å². The average molecular weight is 294 g/mol. The summed E-state index contributed by atoms with van der Waals surface area (Å²) in [5.74, 6) is -0.0587. The van der Waals surface area contributed by atoms with Crippen LogP contribution in [0, 0.1) is 6.92 Å². The summed E-state index contributed by atoms with van der Waals surface area (Å²) in [5, 5.41) is 2.93. The van der Waals surface area contributed by atoms with Crippen LogP contribution in [0.2, 0.25) is 0 Å². The van der Waals surface area contributed by atoms with Gasteiger partial charge in [-0.1, -0.05) is 29.8 Å². The molecule has 0 unspecified atom stereocenters. The lowest BCUT2D eigenvalue weighted by molar-refractivity contribution is 0.102. The molecule has 0 atom stereocenters. The van der Waals surface area contributed by atoms with Gasteiger partial charge in [0.25, 0.3) is 5.91 Å². The largest absolute Gasteiger partial charge is 0.322 e. The number of nitrogens with zero attached hydrogens (tertiary/aromatic N) is 1. The van der Waals surface area contributed by atoms with Crippen molar-refractivity contribution in [1.29, 1.82) is 0 Å². The summed E-state index contributed by atoms with van der Waals surface area (Å²) in [4.78, 5) is 14.7.